The molecule has 0 aliphatic carbocycles. The van der Waals surface area contributed by atoms with Gasteiger partial charge in [0.1, 0.15) is 5.75 Å². The fraction of sp³-hybridized carbons (Fsp3) is 0.421. The number of amides is 1. The number of benzene rings is 1. The van der Waals surface area contributed by atoms with Crippen LogP contribution in [0, 0.1) is 12.8 Å². The Balaban J connectivity index is 1.77. The number of carbonyl (C=O) groups is 1. The van der Waals surface area contributed by atoms with Crippen LogP contribution < -0.4 is 10.1 Å². The molecule has 1 N–H and O–H groups in total. The molecule has 1 aromatic heterocycles. The van der Waals surface area contributed by atoms with E-state index in [-0.39, 0.29) is 5.91 Å². The summed E-state index contributed by atoms with van der Waals surface area (Å²) < 4.78 is 5.21. The highest BCUT2D eigenvalue weighted by Crippen LogP contribution is 2.33. The van der Waals surface area contributed by atoms with Crippen molar-refractivity contribution in [2.24, 2.45) is 5.92 Å². The van der Waals surface area contributed by atoms with E-state index in [0.717, 1.165) is 47.8 Å². The van der Waals surface area contributed by atoms with Crippen LogP contribution in [0.1, 0.15) is 21.0 Å². The third-order valence-electron chi connectivity index (χ3n) is 4.60. The summed E-state index contributed by atoms with van der Waals surface area (Å²) in [6.45, 7) is 4.77. The molecule has 1 unspecified atom stereocenters. The minimum atomic E-state index is 0.168. The number of hydrogen-bond acceptors (Lipinski definition) is 4. The van der Waals surface area contributed by atoms with Gasteiger partial charge >= 0.3 is 0 Å². The van der Waals surface area contributed by atoms with Gasteiger partial charge in [-0.1, -0.05) is 12.1 Å². The van der Waals surface area contributed by atoms with Crippen LogP contribution in [0.15, 0.2) is 30.3 Å². The van der Waals surface area contributed by atoms with E-state index in [4.69, 9.17) is 4.74 Å². The first-order valence-electron chi connectivity index (χ1n) is 8.31. The zero-order valence-corrected chi connectivity index (χ0v) is 15.3. The minimum Gasteiger partial charge on any atom is -0.497 e. The van der Waals surface area contributed by atoms with Crippen molar-refractivity contribution in [2.45, 2.75) is 13.3 Å². The quantitative estimate of drug-likeness (QED) is 0.904. The highest BCUT2D eigenvalue weighted by molar-refractivity contribution is 7.14. The molecular weight excluding hydrogens is 320 g/mol. The lowest BCUT2D eigenvalue weighted by molar-refractivity contribution is 0.0792. The number of hydrogen-bond donors (Lipinski definition) is 1. The Labute approximate surface area is 147 Å². The Hall–Kier alpha value is -1.85. The molecule has 5 heteroatoms. The molecule has 0 saturated carbocycles. The molecule has 2 aromatic rings. The first-order valence-corrected chi connectivity index (χ1v) is 9.12. The van der Waals surface area contributed by atoms with Gasteiger partial charge in [0, 0.05) is 18.0 Å². The van der Waals surface area contributed by atoms with E-state index in [0.29, 0.717) is 5.92 Å². The number of aryl methyl sites for hydroxylation is 1. The summed E-state index contributed by atoms with van der Waals surface area (Å²) in [6.07, 6.45) is 1.09. The molecule has 0 bridgehead atoms. The van der Waals surface area contributed by atoms with Crippen molar-refractivity contribution in [3.8, 4) is 16.9 Å². The first-order chi connectivity index (χ1) is 11.6. The standard InChI is InChI=1S/C19H24N2O2S/c1-13-17(15-4-6-16(23-3)7-5-15)10-18(24-13)19(22)21-9-8-14(12-21)11-20-2/h4-7,10,14,20H,8-9,11-12H2,1-3H3. The smallest absolute Gasteiger partial charge is 0.263 e. The lowest BCUT2D eigenvalue weighted by atomic mass is 10.1. The Bertz CT molecular complexity index is 709. The maximum absolute atomic E-state index is 12.8. The molecule has 2 heterocycles. The highest BCUT2D eigenvalue weighted by Gasteiger charge is 2.27. The lowest BCUT2D eigenvalue weighted by Crippen LogP contribution is -2.29. The summed E-state index contributed by atoms with van der Waals surface area (Å²) in [4.78, 5) is 16.8. The Morgan fingerprint density at radius 3 is 2.79 bits per heavy atom. The van der Waals surface area contributed by atoms with Gasteiger partial charge in [-0.3, -0.25) is 4.79 Å². The summed E-state index contributed by atoms with van der Waals surface area (Å²) in [5.41, 5.74) is 2.26. The second-order valence-corrected chi connectivity index (χ2v) is 7.53. The zero-order chi connectivity index (χ0) is 17.1. The van der Waals surface area contributed by atoms with Crippen molar-refractivity contribution < 1.29 is 9.53 Å². The van der Waals surface area contributed by atoms with Crippen LogP contribution >= 0.6 is 11.3 Å². The van der Waals surface area contributed by atoms with Gasteiger partial charge in [-0.05, 0) is 62.2 Å². The van der Waals surface area contributed by atoms with Gasteiger partial charge in [0.25, 0.3) is 5.91 Å². The summed E-state index contributed by atoms with van der Waals surface area (Å²) in [5.74, 6) is 1.58. The van der Waals surface area contributed by atoms with Crippen LogP contribution in [0.3, 0.4) is 0 Å². The van der Waals surface area contributed by atoms with Crippen LogP contribution in [0.2, 0.25) is 0 Å². The molecule has 128 valence electrons. The summed E-state index contributed by atoms with van der Waals surface area (Å²) >= 11 is 1.59. The van der Waals surface area contributed by atoms with Crippen LogP contribution in [-0.2, 0) is 0 Å². The van der Waals surface area contributed by atoms with Crippen molar-refractivity contribution in [3.63, 3.8) is 0 Å². The maximum Gasteiger partial charge on any atom is 0.263 e. The number of likely N-dealkylation sites (tertiary alicyclic amines) is 1. The van der Waals surface area contributed by atoms with Gasteiger partial charge in [-0.15, -0.1) is 11.3 Å². The average Bonchev–Trinajstić information content (AvgIpc) is 3.22. The zero-order valence-electron chi connectivity index (χ0n) is 14.5. The van der Waals surface area contributed by atoms with Crippen molar-refractivity contribution >= 4 is 17.2 Å². The van der Waals surface area contributed by atoms with Gasteiger partial charge in [0.15, 0.2) is 0 Å². The normalized spacial score (nSPS) is 17.3. The Kier molecular flexibility index (Phi) is 5.21. The largest absolute Gasteiger partial charge is 0.497 e. The predicted molar refractivity (Wildman–Crippen MR) is 99.0 cm³/mol. The molecule has 1 amide bonds. The van der Waals surface area contributed by atoms with E-state index < -0.39 is 0 Å². The fourth-order valence-electron chi connectivity index (χ4n) is 3.27. The molecule has 1 aliphatic rings. The Morgan fingerprint density at radius 2 is 2.12 bits per heavy atom. The Morgan fingerprint density at radius 1 is 1.38 bits per heavy atom. The number of nitrogens with one attached hydrogen (secondary N) is 1. The van der Waals surface area contributed by atoms with Crippen molar-refractivity contribution in [3.05, 3.63) is 40.1 Å². The number of thiophene rings is 1. The van der Waals surface area contributed by atoms with Crippen molar-refractivity contribution in [2.75, 3.05) is 33.8 Å². The summed E-state index contributed by atoms with van der Waals surface area (Å²) in [5, 5.41) is 3.21. The number of ether oxygens (including phenoxy) is 1. The molecule has 3 rings (SSSR count). The number of rotatable bonds is 5. The lowest BCUT2D eigenvalue weighted by Gasteiger charge is -2.15. The van der Waals surface area contributed by atoms with E-state index in [9.17, 15) is 4.79 Å². The fourth-order valence-corrected chi connectivity index (χ4v) is 4.28. The van der Waals surface area contributed by atoms with E-state index in [1.54, 1.807) is 18.4 Å². The second kappa shape index (κ2) is 7.36. The second-order valence-electron chi connectivity index (χ2n) is 6.27. The van der Waals surface area contributed by atoms with E-state index in [1.165, 1.54) is 4.88 Å². The summed E-state index contributed by atoms with van der Waals surface area (Å²) in [6, 6.07) is 10.0. The molecule has 1 aliphatic heterocycles. The first kappa shape index (κ1) is 17.0. The maximum atomic E-state index is 12.8. The predicted octanol–water partition coefficient (Wildman–Crippen LogP) is 3.41. The van der Waals surface area contributed by atoms with Crippen molar-refractivity contribution in [1.82, 2.24) is 10.2 Å². The van der Waals surface area contributed by atoms with Crippen LogP contribution in [0.5, 0.6) is 5.75 Å². The molecule has 24 heavy (non-hydrogen) atoms. The topological polar surface area (TPSA) is 41.6 Å². The SMILES string of the molecule is CNCC1CCN(C(=O)c2cc(-c3ccc(OC)cc3)c(C)s2)C1. The van der Waals surface area contributed by atoms with E-state index in [1.807, 2.05) is 42.3 Å². The molecule has 1 saturated heterocycles. The summed E-state index contributed by atoms with van der Waals surface area (Å²) in [7, 11) is 3.63. The van der Waals surface area contributed by atoms with E-state index in [2.05, 4.69) is 12.2 Å². The third kappa shape index (κ3) is 3.47. The molecule has 0 radical (unpaired) electrons. The molecule has 1 atom stereocenters. The van der Waals surface area contributed by atoms with Crippen LogP contribution in [0.4, 0.5) is 0 Å². The monoisotopic (exact) mass is 344 g/mol. The highest BCUT2D eigenvalue weighted by atomic mass is 32.1. The average molecular weight is 344 g/mol. The van der Waals surface area contributed by atoms with Gasteiger partial charge in [-0.25, -0.2) is 0 Å². The molecule has 4 nitrogen and oxygen atoms in total. The van der Waals surface area contributed by atoms with Gasteiger partial charge in [0.2, 0.25) is 0 Å². The van der Waals surface area contributed by atoms with Gasteiger partial charge < -0.3 is 15.0 Å². The van der Waals surface area contributed by atoms with Gasteiger partial charge in [0.05, 0.1) is 12.0 Å². The third-order valence-corrected chi connectivity index (χ3v) is 5.63. The van der Waals surface area contributed by atoms with Crippen LogP contribution in [0.25, 0.3) is 11.1 Å². The minimum absolute atomic E-state index is 0.168. The molecule has 0 spiro atoms. The molecule has 1 fully saturated rings. The number of carbonyl (C=O) groups excluding carboxylic acids is 1. The number of methoxy groups -OCH3 is 1. The van der Waals surface area contributed by atoms with Gasteiger partial charge in [-0.2, -0.15) is 0 Å². The van der Waals surface area contributed by atoms with Crippen molar-refractivity contribution in [1.29, 1.82) is 0 Å². The molecule has 1 aromatic carbocycles. The molecular formula is C19H24N2O2S. The van der Waals surface area contributed by atoms with Crippen LogP contribution in [-0.4, -0.2) is 44.6 Å². The number of nitrogens with zero attached hydrogens (tertiary/aromatic N) is 1. The van der Waals surface area contributed by atoms with E-state index >= 15 is 0 Å².